The van der Waals surface area contributed by atoms with Crippen LogP contribution in [0.25, 0.3) is 0 Å². The van der Waals surface area contributed by atoms with E-state index < -0.39 is 29.3 Å². The molecule has 1 aliphatic rings. The van der Waals surface area contributed by atoms with Gasteiger partial charge in [-0.15, -0.1) is 0 Å². The molecule has 1 rings (SSSR count). The Hall–Kier alpha value is -1.47. The minimum atomic E-state index is -1.07. The summed E-state index contributed by atoms with van der Waals surface area (Å²) in [6, 6.07) is -0.775. The average Bonchev–Trinajstić information content (AvgIpc) is 2.30. The molecule has 1 heterocycles. The molecule has 3 amide bonds. The number of carbonyl (C=O) groups excluding carboxylic acids is 3. The molecule has 1 saturated heterocycles. The number of amides is 3. The summed E-state index contributed by atoms with van der Waals surface area (Å²) in [7, 11) is 1.51. The van der Waals surface area contributed by atoms with Gasteiger partial charge in [0.25, 0.3) is 5.91 Å². The van der Waals surface area contributed by atoms with Crippen LogP contribution in [0.15, 0.2) is 0 Å². The summed E-state index contributed by atoms with van der Waals surface area (Å²) in [5.41, 5.74) is 4.66. The molecule has 0 aromatic heterocycles. The van der Waals surface area contributed by atoms with Crippen LogP contribution >= 0.6 is 0 Å². The minimum Gasteiger partial charge on any atom is -0.385 e. The van der Waals surface area contributed by atoms with Gasteiger partial charge >= 0.3 is 0 Å². The van der Waals surface area contributed by atoms with Crippen LogP contribution in [0.3, 0.4) is 0 Å². The Bertz CT molecular complexity index is 367. The van der Waals surface area contributed by atoms with Gasteiger partial charge in [0, 0.05) is 13.7 Å². The van der Waals surface area contributed by atoms with Gasteiger partial charge in [0.05, 0.1) is 6.04 Å². The zero-order chi connectivity index (χ0) is 13.9. The molecule has 18 heavy (non-hydrogen) atoms. The monoisotopic (exact) mass is 257 g/mol. The van der Waals surface area contributed by atoms with Crippen LogP contribution in [0.2, 0.25) is 0 Å². The number of hydrogen-bond acceptors (Lipinski definition) is 5. The SMILES string of the molecule is COCCC(N)C(=O)N1CC(=O)NC(=O)C1(C)C. The highest BCUT2D eigenvalue weighted by Gasteiger charge is 2.44. The van der Waals surface area contributed by atoms with Crippen molar-refractivity contribution in [3.63, 3.8) is 0 Å². The van der Waals surface area contributed by atoms with Crippen LogP contribution in [0, 0.1) is 0 Å². The highest BCUT2D eigenvalue weighted by Crippen LogP contribution is 2.19. The second-order valence-electron chi connectivity index (χ2n) is 4.75. The van der Waals surface area contributed by atoms with E-state index in [-0.39, 0.29) is 6.54 Å². The van der Waals surface area contributed by atoms with Gasteiger partial charge in [-0.05, 0) is 20.3 Å². The van der Waals surface area contributed by atoms with Gasteiger partial charge in [-0.1, -0.05) is 0 Å². The molecule has 0 bridgehead atoms. The Kier molecular flexibility index (Phi) is 4.42. The standard InChI is InChI=1S/C11H19N3O4/c1-11(2)10(17)13-8(15)6-14(11)9(16)7(12)4-5-18-3/h7H,4-6,12H2,1-3H3,(H,13,15,17). The van der Waals surface area contributed by atoms with Crippen molar-refractivity contribution in [1.29, 1.82) is 0 Å². The average molecular weight is 257 g/mol. The van der Waals surface area contributed by atoms with E-state index in [1.54, 1.807) is 13.8 Å². The Morgan fingerprint density at radius 1 is 1.56 bits per heavy atom. The number of piperazine rings is 1. The first kappa shape index (κ1) is 14.6. The summed E-state index contributed by atoms with van der Waals surface area (Å²) in [5, 5.41) is 2.20. The number of ether oxygens (including phenoxy) is 1. The molecule has 0 aromatic carbocycles. The van der Waals surface area contributed by atoms with Crippen molar-refractivity contribution in [1.82, 2.24) is 10.2 Å². The second-order valence-corrected chi connectivity index (χ2v) is 4.75. The van der Waals surface area contributed by atoms with Gasteiger partial charge < -0.3 is 15.4 Å². The van der Waals surface area contributed by atoms with E-state index in [0.29, 0.717) is 13.0 Å². The number of rotatable bonds is 4. The molecule has 1 aliphatic heterocycles. The number of nitrogens with zero attached hydrogens (tertiary/aromatic N) is 1. The third-order valence-electron chi connectivity index (χ3n) is 3.00. The van der Waals surface area contributed by atoms with Gasteiger partial charge in [-0.25, -0.2) is 0 Å². The van der Waals surface area contributed by atoms with Crippen LogP contribution in [0.1, 0.15) is 20.3 Å². The molecule has 7 nitrogen and oxygen atoms in total. The summed E-state index contributed by atoms with van der Waals surface area (Å²) in [4.78, 5) is 36.3. The molecule has 1 atom stereocenters. The predicted molar refractivity (Wildman–Crippen MR) is 63.4 cm³/mol. The molecular weight excluding hydrogens is 238 g/mol. The fourth-order valence-corrected chi connectivity index (χ4v) is 1.70. The fourth-order valence-electron chi connectivity index (χ4n) is 1.70. The van der Waals surface area contributed by atoms with Gasteiger partial charge in [-0.3, -0.25) is 19.7 Å². The van der Waals surface area contributed by atoms with Crippen molar-refractivity contribution in [2.24, 2.45) is 5.73 Å². The van der Waals surface area contributed by atoms with E-state index >= 15 is 0 Å². The molecule has 0 aliphatic carbocycles. The van der Waals surface area contributed by atoms with Gasteiger partial charge in [0.15, 0.2) is 0 Å². The Morgan fingerprint density at radius 2 is 2.17 bits per heavy atom. The summed E-state index contributed by atoms with van der Waals surface area (Å²) in [6.07, 6.45) is 0.345. The number of hydrogen-bond donors (Lipinski definition) is 2. The van der Waals surface area contributed by atoms with Crippen molar-refractivity contribution in [2.45, 2.75) is 31.8 Å². The molecule has 0 aromatic rings. The molecule has 0 radical (unpaired) electrons. The van der Waals surface area contributed by atoms with Gasteiger partial charge in [-0.2, -0.15) is 0 Å². The summed E-state index contributed by atoms with van der Waals surface area (Å²) >= 11 is 0. The van der Waals surface area contributed by atoms with Crippen LogP contribution in [-0.2, 0) is 19.1 Å². The van der Waals surface area contributed by atoms with Crippen molar-refractivity contribution < 1.29 is 19.1 Å². The highest BCUT2D eigenvalue weighted by molar-refractivity contribution is 6.06. The molecule has 102 valence electrons. The molecule has 1 fully saturated rings. The predicted octanol–water partition coefficient (Wildman–Crippen LogP) is -1.39. The number of nitrogens with one attached hydrogen (secondary N) is 1. The minimum absolute atomic E-state index is 0.155. The zero-order valence-electron chi connectivity index (χ0n) is 10.9. The third kappa shape index (κ3) is 2.85. The lowest BCUT2D eigenvalue weighted by Gasteiger charge is -2.41. The van der Waals surface area contributed by atoms with Crippen LogP contribution < -0.4 is 11.1 Å². The molecule has 0 saturated carbocycles. The Labute approximate surface area is 106 Å². The second kappa shape index (κ2) is 5.45. The third-order valence-corrected chi connectivity index (χ3v) is 3.00. The van der Waals surface area contributed by atoms with Crippen molar-refractivity contribution >= 4 is 17.7 Å². The summed E-state index contributed by atoms with van der Waals surface area (Å²) in [5.74, 6) is -1.40. The first-order chi connectivity index (χ1) is 8.30. The van der Waals surface area contributed by atoms with Crippen LogP contribution in [0.5, 0.6) is 0 Å². The molecule has 1 unspecified atom stereocenters. The lowest BCUT2D eigenvalue weighted by atomic mass is 9.97. The normalized spacial score (nSPS) is 20.6. The molecule has 3 N–H and O–H groups in total. The lowest BCUT2D eigenvalue weighted by Crippen LogP contribution is -2.67. The van der Waals surface area contributed by atoms with E-state index in [1.165, 1.54) is 12.0 Å². The van der Waals surface area contributed by atoms with Gasteiger partial charge in [0.1, 0.15) is 12.1 Å². The van der Waals surface area contributed by atoms with Gasteiger partial charge in [0.2, 0.25) is 11.8 Å². The summed E-state index contributed by atoms with van der Waals surface area (Å²) < 4.78 is 4.85. The number of carbonyl (C=O) groups is 3. The maximum absolute atomic E-state index is 12.1. The smallest absolute Gasteiger partial charge is 0.252 e. The van der Waals surface area contributed by atoms with E-state index in [1.807, 2.05) is 0 Å². The first-order valence-corrected chi connectivity index (χ1v) is 5.71. The molecule has 0 spiro atoms. The van der Waals surface area contributed by atoms with E-state index in [2.05, 4.69) is 5.32 Å². The summed E-state index contributed by atoms with van der Waals surface area (Å²) in [6.45, 7) is 3.35. The van der Waals surface area contributed by atoms with Crippen molar-refractivity contribution in [3.8, 4) is 0 Å². The largest absolute Gasteiger partial charge is 0.385 e. The molecule has 7 heteroatoms. The van der Waals surface area contributed by atoms with Crippen molar-refractivity contribution in [2.75, 3.05) is 20.3 Å². The highest BCUT2D eigenvalue weighted by atomic mass is 16.5. The zero-order valence-corrected chi connectivity index (χ0v) is 10.9. The fraction of sp³-hybridized carbons (Fsp3) is 0.727. The Morgan fingerprint density at radius 3 is 2.72 bits per heavy atom. The number of methoxy groups -OCH3 is 1. The van der Waals surface area contributed by atoms with E-state index in [4.69, 9.17) is 10.5 Å². The van der Waals surface area contributed by atoms with E-state index in [9.17, 15) is 14.4 Å². The molecular formula is C11H19N3O4. The van der Waals surface area contributed by atoms with Crippen LogP contribution in [-0.4, -0.2) is 54.5 Å². The van der Waals surface area contributed by atoms with Crippen LogP contribution in [0.4, 0.5) is 0 Å². The van der Waals surface area contributed by atoms with E-state index in [0.717, 1.165) is 0 Å². The maximum atomic E-state index is 12.1. The topological polar surface area (TPSA) is 102 Å². The number of imide groups is 1. The lowest BCUT2D eigenvalue weighted by molar-refractivity contribution is -0.156. The Balaban J connectivity index is 2.81. The number of nitrogens with two attached hydrogens (primary N) is 1. The quantitative estimate of drug-likeness (QED) is 0.604. The van der Waals surface area contributed by atoms with Crippen molar-refractivity contribution in [3.05, 3.63) is 0 Å². The maximum Gasteiger partial charge on any atom is 0.252 e. The first-order valence-electron chi connectivity index (χ1n) is 5.71.